The zero-order valence-corrected chi connectivity index (χ0v) is 26.4. The van der Waals surface area contributed by atoms with Gasteiger partial charge >= 0.3 is 41.6 Å². The largest absolute Gasteiger partial charge is 1.00 e. The second-order valence-electron chi connectivity index (χ2n) is 8.91. The van der Waals surface area contributed by atoms with Crippen LogP contribution in [0, 0.1) is 12.2 Å². The minimum Gasteiger partial charge on any atom is -1.00 e. The van der Waals surface area contributed by atoms with Crippen molar-refractivity contribution < 1.29 is 47.8 Å². The molecule has 0 spiro atoms. The minimum atomic E-state index is -0.988. The van der Waals surface area contributed by atoms with Gasteiger partial charge in [-0.3, -0.25) is 12.2 Å². The number of allylic oxidation sites excluding steroid dienone is 8. The molecular weight excluding hydrogens is 574 g/mol. The summed E-state index contributed by atoms with van der Waals surface area (Å²) in [7, 11) is -1.98. The standard InChI is InChI=1S/2C9H15Si.C2H6Si.2ClH.Hf/c2*1-8-5-6-9(7-8)10(2,3)4;1-3-2;;;/h2*7H,6H2,1-4H3;1-2H3;2*1H;/q2*-1;;;;+2/p-2. The summed E-state index contributed by atoms with van der Waals surface area (Å²) in [6.07, 6.45) is 13.5. The molecule has 0 atom stereocenters. The van der Waals surface area contributed by atoms with Crippen LogP contribution < -0.4 is 24.8 Å². The van der Waals surface area contributed by atoms with E-state index in [1.54, 1.807) is 10.4 Å². The quantitative estimate of drug-likeness (QED) is 0.319. The summed E-state index contributed by atoms with van der Waals surface area (Å²) >= 11 is 1.45. The van der Waals surface area contributed by atoms with Crippen LogP contribution >= 0.6 is 0 Å². The average molecular weight is 610 g/mol. The normalized spacial score (nSPS) is 15.5. The number of halogens is 2. The Morgan fingerprint density at radius 1 is 0.769 bits per heavy atom. The Morgan fingerprint density at radius 2 is 1.00 bits per heavy atom. The van der Waals surface area contributed by atoms with Gasteiger partial charge in [0, 0.05) is 0 Å². The van der Waals surface area contributed by atoms with Crippen LogP contribution in [0.1, 0.15) is 26.7 Å². The van der Waals surface area contributed by atoms with Crippen LogP contribution in [-0.2, 0) is 23.0 Å². The van der Waals surface area contributed by atoms with E-state index >= 15 is 0 Å². The van der Waals surface area contributed by atoms with Crippen molar-refractivity contribution in [2.75, 3.05) is 0 Å². The predicted octanol–water partition coefficient (Wildman–Crippen LogP) is 0.679. The van der Waals surface area contributed by atoms with E-state index in [2.05, 4.69) is 90.5 Å². The smallest absolute Gasteiger partial charge is 1.00 e. The third-order valence-electron chi connectivity index (χ3n) is 3.82. The Hall–Kier alpha value is 1.06. The fourth-order valence-electron chi connectivity index (χ4n) is 2.16. The van der Waals surface area contributed by atoms with Gasteiger partial charge in [-0.2, -0.15) is 10.4 Å². The molecule has 0 N–H and O–H groups in total. The Morgan fingerprint density at radius 3 is 1.08 bits per heavy atom. The van der Waals surface area contributed by atoms with Crippen LogP contribution in [0.3, 0.4) is 0 Å². The van der Waals surface area contributed by atoms with E-state index in [0.29, 0.717) is 0 Å². The van der Waals surface area contributed by atoms with E-state index in [4.69, 9.17) is 0 Å². The molecule has 2 rings (SSSR count). The van der Waals surface area contributed by atoms with E-state index in [9.17, 15) is 0 Å². The molecular formula is C20H36Cl2HfSi3-2. The van der Waals surface area contributed by atoms with E-state index in [1.807, 2.05) is 0 Å². The maximum absolute atomic E-state index is 3.33. The van der Waals surface area contributed by atoms with E-state index in [1.165, 1.54) is 34.1 Å². The van der Waals surface area contributed by atoms with Gasteiger partial charge in [0.15, 0.2) is 0 Å². The van der Waals surface area contributed by atoms with Crippen LogP contribution in [-0.4, -0.2) is 21.6 Å². The van der Waals surface area contributed by atoms with Crippen molar-refractivity contribution in [2.24, 2.45) is 0 Å². The van der Waals surface area contributed by atoms with Gasteiger partial charge in [0.05, 0.1) is 16.1 Å². The summed E-state index contributed by atoms with van der Waals surface area (Å²) in [5.74, 6) is 0. The van der Waals surface area contributed by atoms with Crippen LogP contribution in [0.25, 0.3) is 0 Å². The van der Waals surface area contributed by atoms with Gasteiger partial charge in [0.25, 0.3) is 0 Å². The van der Waals surface area contributed by atoms with E-state index in [0.717, 1.165) is 12.8 Å². The molecule has 148 valence electrons. The van der Waals surface area contributed by atoms with Gasteiger partial charge in [0.1, 0.15) is 0 Å². The molecule has 2 aliphatic carbocycles. The van der Waals surface area contributed by atoms with Gasteiger partial charge in [-0.25, -0.2) is 23.3 Å². The molecule has 0 nitrogen and oxygen atoms in total. The summed E-state index contributed by atoms with van der Waals surface area (Å²) < 4.78 is 0. The van der Waals surface area contributed by atoms with Crippen LogP contribution in [0.15, 0.2) is 33.7 Å². The zero-order chi connectivity index (χ0) is 19.1. The minimum absolute atomic E-state index is 0. The summed E-state index contributed by atoms with van der Waals surface area (Å²) in [6.45, 7) is 23.3. The molecule has 0 radical (unpaired) electrons. The van der Waals surface area contributed by atoms with Gasteiger partial charge in [0.2, 0.25) is 0 Å². The molecule has 26 heavy (non-hydrogen) atoms. The third kappa shape index (κ3) is 15.0. The van der Waals surface area contributed by atoms with Crippen LogP contribution in [0.4, 0.5) is 0 Å². The van der Waals surface area contributed by atoms with Crippen molar-refractivity contribution in [3.8, 4) is 0 Å². The topological polar surface area (TPSA) is 0 Å². The second kappa shape index (κ2) is 14.1. The predicted molar refractivity (Wildman–Crippen MR) is 114 cm³/mol. The van der Waals surface area contributed by atoms with Crippen molar-refractivity contribution in [1.82, 2.24) is 0 Å². The second-order valence-corrected chi connectivity index (χ2v) is 32.0. The summed E-state index contributed by atoms with van der Waals surface area (Å²) in [5.41, 5.74) is 2.92. The maximum Gasteiger partial charge on any atom is -1.00 e. The van der Waals surface area contributed by atoms with E-state index in [-0.39, 0.29) is 30.3 Å². The molecule has 0 aliphatic heterocycles. The number of rotatable bonds is 2. The van der Waals surface area contributed by atoms with Gasteiger partial charge in [-0.05, 0) is 0 Å². The molecule has 0 aromatic rings. The molecule has 0 aromatic carbocycles. The number of hydrogen-bond acceptors (Lipinski definition) is 0. The van der Waals surface area contributed by atoms with Crippen molar-refractivity contribution >= 4 is 21.6 Å². The summed E-state index contributed by atoms with van der Waals surface area (Å²) in [4.78, 5) is 0. The molecule has 0 heterocycles. The average Bonchev–Trinajstić information content (AvgIpc) is 2.96. The van der Waals surface area contributed by atoms with Crippen molar-refractivity contribution in [3.63, 3.8) is 0 Å². The third-order valence-corrected chi connectivity index (χ3v) is 8.32. The molecule has 0 unspecified atom stereocenters. The van der Waals surface area contributed by atoms with E-state index < -0.39 is 16.1 Å². The Kier molecular flexibility index (Phi) is 17.2. The first-order chi connectivity index (χ1) is 10.7. The van der Waals surface area contributed by atoms with Crippen LogP contribution in [0.5, 0.6) is 0 Å². The van der Waals surface area contributed by atoms with Gasteiger partial charge in [-0.15, -0.1) is 12.8 Å². The first kappa shape index (κ1) is 31.7. The molecule has 0 fully saturated rings. The molecule has 0 aromatic heterocycles. The van der Waals surface area contributed by atoms with Crippen molar-refractivity contribution in [3.05, 3.63) is 45.8 Å². The zero-order valence-electron chi connectivity index (χ0n) is 18.3. The van der Waals surface area contributed by atoms with Gasteiger partial charge in [-0.1, -0.05) is 53.1 Å². The van der Waals surface area contributed by atoms with Crippen molar-refractivity contribution in [1.29, 1.82) is 0 Å². The van der Waals surface area contributed by atoms with Gasteiger partial charge < -0.3 is 24.8 Å². The van der Waals surface area contributed by atoms with Crippen LogP contribution in [0.2, 0.25) is 52.4 Å². The Balaban J connectivity index is -0.000000319. The summed E-state index contributed by atoms with van der Waals surface area (Å²) in [6, 6.07) is 0. The summed E-state index contributed by atoms with van der Waals surface area (Å²) in [5, 5.41) is 3.29. The molecule has 6 heteroatoms. The first-order valence-corrected chi connectivity index (χ1v) is 23.7. The molecule has 2 aliphatic rings. The molecule has 0 bridgehead atoms. The first-order valence-electron chi connectivity index (χ1n) is 8.82. The monoisotopic (exact) mass is 610 g/mol. The molecule has 0 amide bonds. The maximum atomic E-state index is 3.33. The Labute approximate surface area is 193 Å². The number of hydrogen-bond donors (Lipinski definition) is 0. The molecule has 0 saturated heterocycles. The molecule has 0 saturated carbocycles. The SMILES string of the molecule is CC1=[C-]CC([Si](C)(C)C)=C1.CC1=[C-]CC([Si](C)(C)C)=C1.C[Si](C)=[Hf+2].[Cl-].[Cl-]. The fourth-order valence-corrected chi connectivity index (χ4v) is 4.70. The fraction of sp³-hybridized carbons (Fsp3) is 0.600. The van der Waals surface area contributed by atoms with Crippen molar-refractivity contribution in [2.45, 2.75) is 79.1 Å². The Bertz CT molecular complexity index is 525.